The molecule has 1 unspecified atom stereocenters. The average molecular weight is 364 g/mol. The number of rotatable bonds is 4. The first-order valence-corrected chi connectivity index (χ1v) is 9.37. The first-order chi connectivity index (χ1) is 13.1. The van der Waals surface area contributed by atoms with Crippen molar-refractivity contribution < 1.29 is 4.79 Å². The van der Waals surface area contributed by atoms with E-state index in [2.05, 4.69) is 57.9 Å². The van der Waals surface area contributed by atoms with Gasteiger partial charge in [-0.2, -0.15) is 5.10 Å². The van der Waals surface area contributed by atoms with Crippen LogP contribution >= 0.6 is 0 Å². The number of carbonyl (C=O) groups is 1. The number of amides is 1. The van der Waals surface area contributed by atoms with Gasteiger partial charge in [-0.1, -0.05) is 30.7 Å². The summed E-state index contributed by atoms with van der Waals surface area (Å²) in [6, 6.07) is 6.46. The summed E-state index contributed by atoms with van der Waals surface area (Å²) in [4.78, 5) is 15.1. The number of nitrogens with one attached hydrogen (secondary N) is 1. The molecule has 1 aromatic carbocycles. The zero-order valence-corrected chi connectivity index (χ0v) is 15.9. The quantitative estimate of drug-likeness (QED) is 0.772. The number of benzene rings is 1. The Morgan fingerprint density at radius 2 is 2.19 bits per heavy atom. The topological polar surface area (TPSA) is 79.7 Å². The Balaban J connectivity index is 1.57. The van der Waals surface area contributed by atoms with Crippen LogP contribution in [0, 0.1) is 13.8 Å². The van der Waals surface area contributed by atoms with Gasteiger partial charge in [0.25, 0.3) is 5.91 Å². The summed E-state index contributed by atoms with van der Waals surface area (Å²) in [6.07, 6.45) is 5.16. The molecule has 0 radical (unpaired) electrons. The minimum Gasteiger partial charge on any atom is -0.336 e. The molecule has 1 N–H and O–H groups in total. The SMILES string of the molecule is CCc1nncn1C1CCN(C(=O)c2cn[nH]c2-c2ccc(C)cc2C)C1. The van der Waals surface area contributed by atoms with Gasteiger partial charge in [0.2, 0.25) is 0 Å². The van der Waals surface area contributed by atoms with E-state index in [4.69, 9.17) is 0 Å². The highest BCUT2D eigenvalue weighted by atomic mass is 16.2. The maximum Gasteiger partial charge on any atom is 0.257 e. The largest absolute Gasteiger partial charge is 0.336 e. The molecular formula is C20H24N6O. The van der Waals surface area contributed by atoms with Gasteiger partial charge in [0.1, 0.15) is 12.2 Å². The third-order valence-electron chi connectivity index (χ3n) is 5.33. The highest BCUT2D eigenvalue weighted by molar-refractivity contribution is 6.00. The summed E-state index contributed by atoms with van der Waals surface area (Å²) in [5.74, 6) is 0.987. The molecule has 27 heavy (non-hydrogen) atoms. The van der Waals surface area contributed by atoms with Crippen molar-refractivity contribution in [3.05, 3.63) is 53.2 Å². The highest BCUT2D eigenvalue weighted by Gasteiger charge is 2.31. The van der Waals surface area contributed by atoms with Gasteiger partial charge in [-0.15, -0.1) is 10.2 Å². The van der Waals surface area contributed by atoms with Gasteiger partial charge in [-0.3, -0.25) is 9.89 Å². The van der Waals surface area contributed by atoms with Crippen LogP contribution in [0.25, 0.3) is 11.3 Å². The third-order valence-corrected chi connectivity index (χ3v) is 5.33. The van der Waals surface area contributed by atoms with E-state index in [-0.39, 0.29) is 11.9 Å². The van der Waals surface area contributed by atoms with Crippen molar-refractivity contribution in [1.29, 1.82) is 0 Å². The standard InChI is InChI=1S/C20H24N6O/c1-4-18-23-22-12-26(18)15-7-8-25(11-15)20(27)17-10-21-24-19(17)16-6-5-13(2)9-14(16)3/h5-6,9-10,12,15H,4,7-8,11H2,1-3H3,(H,21,24). The molecule has 1 aliphatic rings. The summed E-state index contributed by atoms with van der Waals surface area (Å²) >= 11 is 0. The summed E-state index contributed by atoms with van der Waals surface area (Å²) in [7, 11) is 0. The van der Waals surface area contributed by atoms with Crippen LogP contribution in [0.4, 0.5) is 0 Å². The number of aryl methyl sites for hydroxylation is 3. The first kappa shape index (κ1) is 17.5. The van der Waals surface area contributed by atoms with Crippen LogP contribution in [0.3, 0.4) is 0 Å². The van der Waals surface area contributed by atoms with Gasteiger partial charge in [0.15, 0.2) is 0 Å². The van der Waals surface area contributed by atoms with Gasteiger partial charge in [0, 0.05) is 25.1 Å². The normalized spacial score (nSPS) is 16.9. The van der Waals surface area contributed by atoms with E-state index in [9.17, 15) is 4.79 Å². The number of nitrogens with zero attached hydrogens (tertiary/aromatic N) is 5. The molecule has 1 saturated heterocycles. The lowest BCUT2D eigenvalue weighted by Gasteiger charge is -2.18. The number of carbonyl (C=O) groups excluding carboxylic acids is 1. The van der Waals surface area contributed by atoms with E-state index < -0.39 is 0 Å². The maximum atomic E-state index is 13.2. The van der Waals surface area contributed by atoms with Crippen LogP contribution in [0.5, 0.6) is 0 Å². The molecule has 1 atom stereocenters. The molecule has 0 aliphatic carbocycles. The molecule has 7 nitrogen and oxygen atoms in total. The molecule has 0 saturated carbocycles. The Hall–Kier alpha value is -2.96. The second-order valence-corrected chi connectivity index (χ2v) is 7.18. The Bertz CT molecular complexity index is 973. The van der Waals surface area contributed by atoms with Gasteiger partial charge in [-0.25, -0.2) is 0 Å². The molecule has 7 heteroatoms. The van der Waals surface area contributed by atoms with E-state index >= 15 is 0 Å². The Morgan fingerprint density at radius 3 is 2.96 bits per heavy atom. The van der Waals surface area contributed by atoms with Crippen molar-refractivity contribution in [3.63, 3.8) is 0 Å². The zero-order valence-electron chi connectivity index (χ0n) is 15.9. The number of H-pyrrole nitrogens is 1. The second kappa shape index (κ2) is 6.98. The number of aromatic nitrogens is 5. The van der Waals surface area contributed by atoms with Gasteiger partial charge < -0.3 is 9.47 Å². The van der Waals surface area contributed by atoms with Crippen LogP contribution in [0.2, 0.25) is 0 Å². The monoisotopic (exact) mass is 364 g/mol. The van der Waals surface area contributed by atoms with Crippen LogP contribution in [0.15, 0.2) is 30.7 Å². The molecule has 140 valence electrons. The minimum absolute atomic E-state index is 0.0207. The second-order valence-electron chi connectivity index (χ2n) is 7.18. The molecule has 2 aromatic heterocycles. The Labute approximate surface area is 158 Å². The molecular weight excluding hydrogens is 340 g/mol. The van der Waals surface area contributed by atoms with E-state index in [0.717, 1.165) is 42.0 Å². The molecule has 3 aromatic rings. The van der Waals surface area contributed by atoms with Gasteiger partial charge >= 0.3 is 0 Å². The van der Waals surface area contributed by atoms with Gasteiger partial charge in [0.05, 0.1) is 23.5 Å². The van der Waals surface area contributed by atoms with Crippen molar-refractivity contribution in [2.75, 3.05) is 13.1 Å². The minimum atomic E-state index is 0.0207. The van der Waals surface area contributed by atoms with E-state index in [0.29, 0.717) is 12.1 Å². The molecule has 1 amide bonds. The third kappa shape index (κ3) is 3.13. The Morgan fingerprint density at radius 1 is 1.33 bits per heavy atom. The molecule has 1 aliphatic heterocycles. The number of likely N-dealkylation sites (tertiary alicyclic amines) is 1. The van der Waals surface area contributed by atoms with E-state index in [1.165, 1.54) is 5.56 Å². The van der Waals surface area contributed by atoms with Crippen molar-refractivity contribution in [3.8, 4) is 11.3 Å². The first-order valence-electron chi connectivity index (χ1n) is 9.37. The molecule has 0 bridgehead atoms. The summed E-state index contributed by atoms with van der Waals surface area (Å²) < 4.78 is 2.10. The van der Waals surface area contributed by atoms with Crippen LogP contribution in [-0.2, 0) is 6.42 Å². The zero-order chi connectivity index (χ0) is 19.0. The van der Waals surface area contributed by atoms with Crippen LogP contribution < -0.4 is 0 Å². The average Bonchev–Trinajstić information content (AvgIpc) is 3.39. The lowest BCUT2D eigenvalue weighted by atomic mass is 10.0. The predicted molar refractivity (Wildman–Crippen MR) is 102 cm³/mol. The van der Waals surface area contributed by atoms with Crippen molar-refractivity contribution >= 4 is 5.91 Å². The smallest absolute Gasteiger partial charge is 0.257 e. The highest BCUT2D eigenvalue weighted by Crippen LogP contribution is 2.29. The van der Waals surface area contributed by atoms with Crippen LogP contribution in [-0.4, -0.2) is 48.9 Å². The molecule has 1 fully saturated rings. The van der Waals surface area contributed by atoms with E-state index in [1.807, 2.05) is 11.0 Å². The fourth-order valence-electron chi connectivity index (χ4n) is 3.90. The van der Waals surface area contributed by atoms with Crippen molar-refractivity contribution in [2.45, 2.75) is 39.7 Å². The summed E-state index contributed by atoms with van der Waals surface area (Å²) in [5, 5.41) is 15.4. The number of aromatic amines is 1. The number of hydrogen-bond donors (Lipinski definition) is 1. The lowest BCUT2D eigenvalue weighted by molar-refractivity contribution is 0.0788. The summed E-state index contributed by atoms with van der Waals surface area (Å²) in [5.41, 5.74) is 4.77. The van der Waals surface area contributed by atoms with Crippen molar-refractivity contribution in [1.82, 2.24) is 29.9 Å². The molecule has 3 heterocycles. The van der Waals surface area contributed by atoms with Crippen LogP contribution in [0.1, 0.15) is 46.7 Å². The predicted octanol–water partition coefficient (Wildman–Crippen LogP) is 2.93. The summed E-state index contributed by atoms with van der Waals surface area (Å²) in [6.45, 7) is 7.58. The van der Waals surface area contributed by atoms with Gasteiger partial charge in [-0.05, 0) is 25.8 Å². The molecule has 0 spiro atoms. The Kier molecular flexibility index (Phi) is 4.51. The number of hydrogen-bond acceptors (Lipinski definition) is 4. The van der Waals surface area contributed by atoms with E-state index in [1.54, 1.807) is 12.5 Å². The maximum absolute atomic E-state index is 13.2. The molecule has 4 rings (SSSR count). The lowest BCUT2D eigenvalue weighted by Crippen LogP contribution is -2.29. The van der Waals surface area contributed by atoms with Crippen molar-refractivity contribution in [2.24, 2.45) is 0 Å². The fourth-order valence-corrected chi connectivity index (χ4v) is 3.90. The fraction of sp³-hybridized carbons (Fsp3) is 0.400.